The molecule has 1 aliphatic heterocycles. The van der Waals surface area contributed by atoms with Crippen LogP contribution in [0.3, 0.4) is 0 Å². The first-order valence-corrected chi connectivity index (χ1v) is 22.6. The topological polar surface area (TPSA) is 37.4 Å². The molecule has 4 aliphatic rings. The molecule has 3 aliphatic carbocycles. The van der Waals surface area contributed by atoms with Gasteiger partial charge >= 0.3 is 0 Å². The highest BCUT2D eigenvalue weighted by Crippen LogP contribution is 2.52. The SMILES string of the molecule is CCCCCCCCCC1CC(CCCCCC)C(CCCCCCCC)C(CCCCCCCCN2C(=O)C3C4C=CC(C4)C3C2=O)C1. The minimum absolute atomic E-state index is 0.0294. The first-order chi connectivity index (χ1) is 24.1. The smallest absolute Gasteiger partial charge is 0.233 e. The molecule has 3 nitrogen and oxygen atoms in total. The van der Waals surface area contributed by atoms with Crippen molar-refractivity contribution in [1.82, 2.24) is 4.90 Å². The first-order valence-electron chi connectivity index (χ1n) is 22.6. The van der Waals surface area contributed by atoms with Crippen molar-refractivity contribution in [1.29, 1.82) is 0 Å². The second kappa shape index (κ2) is 23.4. The minimum atomic E-state index is -0.0294. The Morgan fingerprint density at radius 1 is 0.469 bits per heavy atom. The van der Waals surface area contributed by atoms with E-state index < -0.39 is 0 Å². The molecule has 8 atom stereocenters. The molecule has 2 bridgehead atoms. The van der Waals surface area contributed by atoms with Crippen LogP contribution in [0.1, 0.15) is 213 Å². The van der Waals surface area contributed by atoms with Crippen LogP contribution < -0.4 is 0 Å². The Bertz CT molecular complexity index is 911. The Morgan fingerprint density at radius 2 is 0.857 bits per heavy atom. The lowest BCUT2D eigenvalue weighted by Gasteiger charge is -2.43. The first kappa shape index (κ1) is 40.6. The van der Waals surface area contributed by atoms with Crippen LogP contribution in [-0.2, 0) is 9.59 Å². The summed E-state index contributed by atoms with van der Waals surface area (Å²) in [7, 11) is 0. The number of imide groups is 1. The number of amides is 2. The van der Waals surface area contributed by atoms with Gasteiger partial charge in [0, 0.05) is 6.54 Å². The highest BCUT2D eigenvalue weighted by Gasteiger charge is 2.58. The summed E-state index contributed by atoms with van der Waals surface area (Å²) in [6.45, 7) is 7.68. The van der Waals surface area contributed by atoms with E-state index in [9.17, 15) is 9.59 Å². The number of hydrogen-bond acceptors (Lipinski definition) is 2. The molecule has 0 spiro atoms. The van der Waals surface area contributed by atoms with Gasteiger partial charge in [-0.05, 0) is 67.6 Å². The van der Waals surface area contributed by atoms with Crippen molar-refractivity contribution in [2.24, 2.45) is 47.3 Å². The summed E-state index contributed by atoms with van der Waals surface area (Å²) in [6, 6.07) is 0. The van der Waals surface area contributed by atoms with Gasteiger partial charge in [-0.15, -0.1) is 0 Å². The third-order valence-electron chi connectivity index (χ3n) is 13.8. The molecule has 3 fully saturated rings. The van der Waals surface area contributed by atoms with E-state index in [4.69, 9.17) is 0 Å². The fraction of sp³-hybridized carbons (Fsp3) is 0.913. The molecule has 8 unspecified atom stereocenters. The highest BCUT2D eigenvalue weighted by atomic mass is 16.2. The van der Waals surface area contributed by atoms with Crippen molar-refractivity contribution in [3.05, 3.63) is 12.2 Å². The number of fused-ring (bicyclic) bond motifs is 5. The lowest BCUT2D eigenvalue weighted by atomic mass is 9.62. The van der Waals surface area contributed by atoms with Gasteiger partial charge in [0.2, 0.25) is 11.8 Å². The van der Waals surface area contributed by atoms with Crippen LogP contribution in [0.4, 0.5) is 0 Å². The van der Waals surface area contributed by atoms with Crippen molar-refractivity contribution in [2.75, 3.05) is 6.54 Å². The van der Waals surface area contributed by atoms with Gasteiger partial charge in [0.15, 0.2) is 0 Å². The molecule has 0 aromatic rings. The second-order valence-corrected chi connectivity index (χ2v) is 17.6. The van der Waals surface area contributed by atoms with Crippen LogP contribution in [0.5, 0.6) is 0 Å². The van der Waals surface area contributed by atoms with Crippen molar-refractivity contribution >= 4 is 11.8 Å². The number of likely N-dealkylation sites (tertiary alicyclic amines) is 1. The van der Waals surface area contributed by atoms with Gasteiger partial charge in [0.05, 0.1) is 11.8 Å². The second-order valence-electron chi connectivity index (χ2n) is 17.6. The van der Waals surface area contributed by atoms with Crippen LogP contribution >= 0.6 is 0 Å². The van der Waals surface area contributed by atoms with Crippen molar-refractivity contribution in [3.8, 4) is 0 Å². The summed E-state index contributed by atoms with van der Waals surface area (Å²) in [6.07, 6.45) is 46.3. The van der Waals surface area contributed by atoms with Crippen LogP contribution in [0.2, 0.25) is 0 Å². The fourth-order valence-corrected chi connectivity index (χ4v) is 11.0. The number of nitrogens with zero attached hydrogens (tertiary/aromatic N) is 1. The average molecular weight is 680 g/mol. The number of allylic oxidation sites excluding steroid dienone is 2. The average Bonchev–Trinajstić information content (AvgIpc) is 3.80. The van der Waals surface area contributed by atoms with E-state index in [-0.39, 0.29) is 23.7 Å². The lowest BCUT2D eigenvalue weighted by Crippen LogP contribution is -2.33. The maximum atomic E-state index is 13.0. The molecule has 0 radical (unpaired) electrons. The monoisotopic (exact) mass is 680 g/mol. The molecule has 0 aromatic carbocycles. The van der Waals surface area contributed by atoms with Crippen molar-refractivity contribution in [3.63, 3.8) is 0 Å². The number of hydrogen-bond donors (Lipinski definition) is 0. The lowest BCUT2D eigenvalue weighted by molar-refractivity contribution is -0.140. The molecule has 0 N–H and O–H groups in total. The van der Waals surface area contributed by atoms with Crippen LogP contribution in [0.15, 0.2) is 12.2 Å². The van der Waals surface area contributed by atoms with E-state index in [0.717, 1.165) is 42.9 Å². The van der Waals surface area contributed by atoms with E-state index in [1.165, 1.54) is 167 Å². The third kappa shape index (κ3) is 12.8. The minimum Gasteiger partial charge on any atom is -0.282 e. The predicted molar refractivity (Wildman–Crippen MR) is 209 cm³/mol. The van der Waals surface area contributed by atoms with Gasteiger partial charge < -0.3 is 0 Å². The summed E-state index contributed by atoms with van der Waals surface area (Å²) >= 11 is 0. The maximum absolute atomic E-state index is 13.0. The summed E-state index contributed by atoms with van der Waals surface area (Å²) in [5.74, 6) is 4.81. The van der Waals surface area contributed by atoms with Crippen LogP contribution in [0, 0.1) is 47.3 Å². The quantitative estimate of drug-likeness (QED) is 0.0448. The number of carbonyl (C=O) groups is 2. The summed E-state index contributed by atoms with van der Waals surface area (Å²) in [4.78, 5) is 27.7. The molecule has 282 valence electrons. The van der Waals surface area contributed by atoms with Gasteiger partial charge in [-0.3, -0.25) is 14.5 Å². The fourth-order valence-electron chi connectivity index (χ4n) is 11.0. The van der Waals surface area contributed by atoms with Crippen molar-refractivity contribution < 1.29 is 9.59 Å². The molecule has 49 heavy (non-hydrogen) atoms. The third-order valence-corrected chi connectivity index (χ3v) is 13.8. The summed E-state index contributed by atoms with van der Waals surface area (Å²) < 4.78 is 0. The van der Waals surface area contributed by atoms with E-state index >= 15 is 0 Å². The van der Waals surface area contributed by atoms with E-state index in [0.29, 0.717) is 18.4 Å². The van der Waals surface area contributed by atoms with Gasteiger partial charge in [-0.2, -0.15) is 0 Å². The number of unbranched alkanes of at least 4 members (excludes halogenated alkanes) is 19. The molecule has 2 amide bonds. The Kier molecular flexibility index (Phi) is 19.4. The van der Waals surface area contributed by atoms with Gasteiger partial charge in [0.25, 0.3) is 0 Å². The predicted octanol–water partition coefficient (Wildman–Crippen LogP) is 13.6. The largest absolute Gasteiger partial charge is 0.282 e. The summed E-state index contributed by atoms with van der Waals surface area (Å²) in [5.41, 5.74) is 0. The molecule has 4 rings (SSSR count). The Balaban J connectivity index is 1.20. The van der Waals surface area contributed by atoms with Crippen LogP contribution in [-0.4, -0.2) is 23.3 Å². The highest BCUT2D eigenvalue weighted by molar-refractivity contribution is 6.06. The molecule has 1 heterocycles. The van der Waals surface area contributed by atoms with E-state index in [1.807, 2.05) is 0 Å². The summed E-state index contributed by atoms with van der Waals surface area (Å²) in [5, 5.41) is 0. The Morgan fingerprint density at radius 3 is 1.35 bits per heavy atom. The normalized spacial score (nSPS) is 29.1. The van der Waals surface area contributed by atoms with Gasteiger partial charge in [-0.25, -0.2) is 0 Å². The van der Waals surface area contributed by atoms with E-state index in [1.54, 1.807) is 11.3 Å². The molecule has 1 saturated heterocycles. The van der Waals surface area contributed by atoms with Crippen molar-refractivity contribution in [2.45, 2.75) is 213 Å². The van der Waals surface area contributed by atoms with Crippen LogP contribution in [0.25, 0.3) is 0 Å². The zero-order valence-corrected chi connectivity index (χ0v) is 33.0. The number of rotatable bonds is 29. The molecule has 3 heteroatoms. The molecule has 2 saturated carbocycles. The Hall–Kier alpha value is -1.12. The molecule has 0 aromatic heterocycles. The molecular formula is C46H81NO2. The zero-order chi connectivity index (χ0) is 34.7. The Labute approximate surface area is 305 Å². The van der Waals surface area contributed by atoms with Gasteiger partial charge in [-0.1, -0.05) is 193 Å². The van der Waals surface area contributed by atoms with Gasteiger partial charge in [0.1, 0.15) is 0 Å². The number of carbonyl (C=O) groups excluding carboxylic acids is 2. The zero-order valence-electron chi connectivity index (χ0n) is 33.0. The van der Waals surface area contributed by atoms with E-state index in [2.05, 4.69) is 32.9 Å². The maximum Gasteiger partial charge on any atom is 0.233 e. The standard InChI is InChI=1S/C46H81NO2/c1-4-7-10-13-15-18-22-27-37-34-38(28-23-12-9-6-3)42(30-25-20-14-11-8-5-2)39(35-37)29-24-19-16-17-21-26-33-47-45(48)43-40-31-32-41(36-40)44(43)46(47)49/h31-32,37-44H,4-30,33-36H2,1-3H3. The molecular weight excluding hydrogens is 599 g/mol.